The SMILES string of the molecule is CN1c2nc(S(C)(=O)=O)nc3c(F)c(Cl)nc(c23)OC[C@H]2COC[C@@H]21. The number of hydrogen-bond donors (Lipinski definition) is 0. The highest BCUT2D eigenvalue weighted by molar-refractivity contribution is 7.90. The first-order valence-electron chi connectivity index (χ1n) is 7.47. The molecule has 0 radical (unpaired) electrons. The Morgan fingerprint density at radius 2 is 2.00 bits per heavy atom. The van der Waals surface area contributed by atoms with E-state index < -0.39 is 26.0 Å². The molecule has 0 amide bonds. The predicted octanol–water partition coefficient (Wildman–Crippen LogP) is 1.06. The first-order chi connectivity index (χ1) is 11.8. The Bertz CT molecular complexity index is 987. The molecule has 0 saturated carbocycles. The molecule has 0 unspecified atom stereocenters. The van der Waals surface area contributed by atoms with E-state index in [1.54, 1.807) is 11.9 Å². The number of aromatic nitrogens is 3. The van der Waals surface area contributed by atoms with Crippen molar-refractivity contribution in [3.63, 3.8) is 0 Å². The zero-order valence-electron chi connectivity index (χ0n) is 13.4. The van der Waals surface area contributed by atoms with Crippen molar-refractivity contribution in [3.8, 4) is 5.88 Å². The Hall–Kier alpha value is -1.78. The van der Waals surface area contributed by atoms with Crippen molar-refractivity contribution < 1.29 is 22.3 Å². The zero-order chi connectivity index (χ0) is 17.9. The van der Waals surface area contributed by atoms with Gasteiger partial charge >= 0.3 is 0 Å². The molecule has 0 aromatic carbocycles. The maximum atomic E-state index is 14.5. The summed E-state index contributed by atoms with van der Waals surface area (Å²) in [4.78, 5) is 13.7. The molecule has 4 rings (SSSR count). The summed E-state index contributed by atoms with van der Waals surface area (Å²) in [6, 6.07) is -0.0857. The van der Waals surface area contributed by atoms with Gasteiger partial charge in [-0.25, -0.2) is 22.8 Å². The number of ether oxygens (including phenoxy) is 2. The second kappa shape index (κ2) is 5.61. The van der Waals surface area contributed by atoms with E-state index in [-0.39, 0.29) is 34.6 Å². The summed E-state index contributed by atoms with van der Waals surface area (Å²) >= 11 is 5.84. The van der Waals surface area contributed by atoms with Crippen molar-refractivity contribution in [2.45, 2.75) is 11.2 Å². The standard InChI is InChI=1S/C14H14ClFN4O4S/c1-20-7-5-23-3-6(7)4-24-13-8-10(9(16)11(15)18-13)17-14(19-12(8)20)25(2,21)22/h6-7H,3-5H2,1-2H3/t6-,7+/m1/s1. The Balaban J connectivity index is 2.09. The number of rotatable bonds is 1. The smallest absolute Gasteiger partial charge is 0.249 e. The average Bonchev–Trinajstić information content (AvgIpc) is 3.01. The van der Waals surface area contributed by atoms with Crippen molar-refractivity contribution in [2.24, 2.45) is 5.92 Å². The van der Waals surface area contributed by atoms with Gasteiger partial charge < -0.3 is 14.4 Å². The van der Waals surface area contributed by atoms with Crippen molar-refractivity contribution >= 4 is 38.2 Å². The second-order valence-electron chi connectivity index (χ2n) is 6.13. The quantitative estimate of drug-likeness (QED) is 0.529. The number of halogens is 2. The molecule has 8 nitrogen and oxygen atoms in total. The lowest BCUT2D eigenvalue weighted by atomic mass is 10.0. The van der Waals surface area contributed by atoms with Crippen LogP contribution in [0.4, 0.5) is 10.2 Å². The zero-order valence-corrected chi connectivity index (χ0v) is 14.9. The largest absolute Gasteiger partial charge is 0.477 e. The normalized spacial score (nSPS) is 23.1. The summed E-state index contributed by atoms with van der Waals surface area (Å²) in [6.07, 6.45) is 0.962. The van der Waals surface area contributed by atoms with E-state index in [1.807, 2.05) is 0 Å². The molecule has 1 fully saturated rings. The fraction of sp³-hybridized carbons (Fsp3) is 0.500. The van der Waals surface area contributed by atoms with Crippen LogP contribution in [0.15, 0.2) is 5.16 Å². The van der Waals surface area contributed by atoms with E-state index in [2.05, 4.69) is 15.0 Å². The molecule has 2 aliphatic rings. The van der Waals surface area contributed by atoms with Gasteiger partial charge in [0.15, 0.2) is 11.0 Å². The molecule has 25 heavy (non-hydrogen) atoms. The Morgan fingerprint density at radius 3 is 2.72 bits per heavy atom. The highest BCUT2D eigenvalue weighted by Gasteiger charge is 2.37. The van der Waals surface area contributed by atoms with Crippen molar-refractivity contribution in [1.82, 2.24) is 15.0 Å². The Kier molecular flexibility index (Phi) is 3.74. The van der Waals surface area contributed by atoms with E-state index in [0.29, 0.717) is 19.8 Å². The summed E-state index contributed by atoms with van der Waals surface area (Å²) in [5.74, 6) is -0.571. The minimum absolute atomic E-state index is 0.0375. The van der Waals surface area contributed by atoms with Crippen molar-refractivity contribution in [1.29, 1.82) is 0 Å². The van der Waals surface area contributed by atoms with Crippen LogP contribution in [0.1, 0.15) is 0 Å². The monoisotopic (exact) mass is 388 g/mol. The topological polar surface area (TPSA) is 94.5 Å². The molecule has 2 aromatic heterocycles. The molecule has 0 spiro atoms. The molecular weight excluding hydrogens is 375 g/mol. The van der Waals surface area contributed by atoms with Crippen LogP contribution in [0.2, 0.25) is 5.15 Å². The summed E-state index contributed by atoms with van der Waals surface area (Å²) in [7, 11) is -2.01. The third-order valence-corrected chi connectivity index (χ3v) is 5.53. The Labute approximate surface area is 147 Å². The number of anilines is 1. The van der Waals surface area contributed by atoms with Crippen LogP contribution in [0.25, 0.3) is 10.9 Å². The highest BCUT2D eigenvalue weighted by atomic mass is 35.5. The number of sulfone groups is 1. The second-order valence-corrected chi connectivity index (χ2v) is 8.40. The van der Waals surface area contributed by atoms with E-state index >= 15 is 0 Å². The van der Waals surface area contributed by atoms with Gasteiger partial charge in [0.1, 0.15) is 16.7 Å². The molecule has 0 aliphatic carbocycles. The molecule has 4 heterocycles. The van der Waals surface area contributed by atoms with E-state index in [0.717, 1.165) is 6.26 Å². The van der Waals surface area contributed by atoms with E-state index in [1.165, 1.54) is 0 Å². The van der Waals surface area contributed by atoms with Gasteiger partial charge in [0.25, 0.3) is 0 Å². The fourth-order valence-electron chi connectivity index (χ4n) is 3.12. The highest BCUT2D eigenvalue weighted by Crippen LogP contribution is 2.39. The van der Waals surface area contributed by atoms with Crippen LogP contribution in [-0.2, 0) is 14.6 Å². The summed E-state index contributed by atoms with van der Waals surface area (Å²) in [5.41, 5.74) is -0.232. The lowest BCUT2D eigenvalue weighted by Gasteiger charge is -2.32. The first kappa shape index (κ1) is 16.7. The summed E-state index contributed by atoms with van der Waals surface area (Å²) in [6.45, 7) is 1.24. The molecule has 2 aromatic rings. The predicted molar refractivity (Wildman–Crippen MR) is 87.4 cm³/mol. The lowest BCUT2D eigenvalue weighted by molar-refractivity contribution is 0.166. The average molecular weight is 389 g/mol. The third-order valence-electron chi connectivity index (χ3n) is 4.43. The molecule has 0 bridgehead atoms. The third kappa shape index (κ3) is 2.59. The lowest BCUT2D eigenvalue weighted by Crippen LogP contribution is -2.41. The fourth-order valence-corrected chi connectivity index (χ4v) is 3.80. The van der Waals surface area contributed by atoms with Gasteiger partial charge in [-0.3, -0.25) is 0 Å². The van der Waals surface area contributed by atoms with E-state index in [4.69, 9.17) is 21.1 Å². The molecular formula is C14H14ClFN4O4S. The van der Waals surface area contributed by atoms with Crippen LogP contribution in [0.3, 0.4) is 0 Å². The molecule has 134 valence electrons. The van der Waals surface area contributed by atoms with Crippen LogP contribution in [0.5, 0.6) is 5.88 Å². The number of likely N-dealkylation sites (N-methyl/N-ethyl adjacent to an activating group) is 1. The molecule has 2 aliphatic heterocycles. The van der Waals surface area contributed by atoms with Crippen molar-refractivity contribution in [2.75, 3.05) is 38.0 Å². The maximum absolute atomic E-state index is 14.5. The summed E-state index contributed by atoms with van der Waals surface area (Å²) < 4.78 is 49.7. The van der Waals surface area contributed by atoms with Gasteiger partial charge in [-0.05, 0) is 0 Å². The van der Waals surface area contributed by atoms with Gasteiger partial charge in [-0.1, -0.05) is 11.6 Å². The Morgan fingerprint density at radius 1 is 1.24 bits per heavy atom. The van der Waals surface area contributed by atoms with Crippen LogP contribution < -0.4 is 9.64 Å². The minimum atomic E-state index is -3.76. The van der Waals surface area contributed by atoms with Crippen molar-refractivity contribution in [3.05, 3.63) is 11.0 Å². The maximum Gasteiger partial charge on any atom is 0.249 e. The van der Waals surface area contributed by atoms with Gasteiger partial charge in [-0.2, -0.15) is 4.98 Å². The number of pyridine rings is 1. The molecule has 2 atom stereocenters. The first-order valence-corrected chi connectivity index (χ1v) is 9.74. The summed E-state index contributed by atoms with van der Waals surface area (Å²) in [5, 5.41) is -0.721. The minimum Gasteiger partial charge on any atom is -0.477 e. The molecule has 11 heteroatoms. The van der Waals surface area contributed by atoms with Gasteiger partial charge in [-0.15, -0.1) is 0 Å². The van der Waals surface area contributed by atoms with Crippen LogP contribution >= 0.6 is 11.6 Å². The number of hydrogen-bond acceptors (Lipinski definition) is 8. The van der Waals surface area contributed by atoms with Gasteiger partial charge in [0.2, 0.25) is 20.9 Å². The van der Waals surface area contributed by atoms with Gasteiger partial charge in [0.05, 0.1) is 25.9 Å². The number of nitrogens with zero attached hydrogens (tertiary/aromatic N) is 4. The molecule has 0 N–H and O–H groups in total. The molecule has 1 saturated heterocycles. The van der Waals surface area contributed by atoms with Crippen LogP contribution in [0, 0.1) is 11.7 Å². The van der Waals surface area contributed by atoms with Crippen LogP contribution in [-0.4, -0.2) is 62.5 Å². The van der Waals surface area contributed by atoms with Gasteiger partial charge in [0, 0.05) is 19.2 Å². The van der Waals surface area contributed by atoms with E-state index in [9.17, 15) is 12.8 Å². The number of fused-ring (bicyclic) bond motifs is 1.